The molecule has 3 aromatic rings. The molecular weight excluding hydrogens is 453 g/mol. The van der Waals surface area contributed by atoms with Crippen molar-refractivity contribution in [2.24, 2.45) is 17.6 Å². The zero-order valence-corrected chi connectivity index (χ0v) is 20.4. The molecule has 2 aliphatic rings. The minimum absolute atomic E-state index is 0.200. The monoisotopic (exact) mass is 483 g/mol. The molecule has 33 heavy (non-hydrogen) atoms. The third-order valence-corrected chi connectivity index (χ3v) is 8.70. The summed E-state index contributed by atoms with van der Waals surface area (Å²) in [5.41, 5.74) is 8.37. The maximum absolute atomic E-state index is 13.8. The van der Waals surface area contributed by atoms with E-state index in [2.05, 4.69) is 10.6 Å². The van der Waals surface area contributed by atoms with Crippen LogP contribution in [0.25, 0.3) is 22.4 Å². The summed E-state index contributed by atoms with van der Waals surface area (Å²) < 4.78 is 2.22. The molecule has 1 aromatic heterocycles. The second-order valence-electron chi connectivity index (χ2n) is 9.75. The highest BCUT2D eigenvalue weighted by Crippen LogP contribution is 2.50. The lowest BCUT2D eigenvalue weighted by atomic mass is 9.63. The van der Waals surface area contributed by atoms with Crippen molar-refractivity contribution in [2.75, 3.05) is 0 Å². The second kappa shape index (κ2) is 9.31. The SMILES string of the molecule is NC(=O)C(C1CCCCC1)(C1CCCCC1)n1c(-c2ccc(Cl)c(Cl)c2)nc2ccccc21. The molecule has 0 bridgehead atoms. The minimum Gasteiger partial charge on any atom is -0.368 e. The maximum atomic E-state index is 13.8. The van der Waals surface area contributed by atoms with Crippen LogP contribution in [-0.4, -0.2) is 15.5 Å². The fourth-order valence-corrected chi connectivity index (χ4v) is 6.82. The number of carbonyl (C=O) groups excluding carboxylic acids is 1. The zero-order valence-electron chi connectivity index (χ0n) is 18.9. The average molecular weight is 484 g/mol. The molecule has 1 amide bonds. The van der Waals surface area contributed by atoms with Crippen LogP contribution in [0.4, 0.5) is 0 Å². The highest BCUT2D eigenvalue weighted by molar-refractivity contribution is 6.42. The van der Waals surface area contributed by atoms with Gasteiger partial charge in [-0.3, -0.25) is 4.79 Å². The molecule has 1 heterocycles. The molecule has 0 saturated heterocycles. The van der Waals surface area contributed by atoms with E-state index < -0.39 is 5.54 Å². The number of benzene rings is 2. The van der Waals surface area contributed by atoms with Gasteiger partial charge in [0.1, 0.15) is 11.4 Å². The first-order chi connectivity index (χ1) is 16.0. The summed E-state index contributed by atoms with van der Waals surface area (Å²) in [5.74, 6) is 0.937. The summed E-state index contributed by atoms with van der Waals surface area (Å²) in [5, 5.41) is 0.983. The Morgan fingerprint density at radius 1 is 0.879 bits per heavy atom. The first kappa shape index (κ1) is 22.7. The molecule has 0 spiro atoms. The van der Waals surface area contributed by atoms with Crippen LogP contribution in [0.3, 0.4) is 0 Å². The van der Waals surface area contributed by atoms with E-state index in [4.69, 9.17) is 33.9 Å². The van der Waals surface area contributed by atoms with Crippen LogP contribution in [0.1, 0.15) is 64.2 Å². The van der Waals surface area contributed by atoms with Gasteiger partial charge in [-0.1, -0.05) is 73.9 Å². The number of nitrogens with two attached hydrogens (primary N) is 1. The molecule has 2 aliphatic carbocycles. The Morgan fingerprint density at radius 2 is 1.48 bits per heavy atom. The number of halogens is 2. The molecule has 2 aromatic carbocycles. The van der Waals surface area contributed by atoms with Crippen molar-refractivity contribution in [1.29, 1.82) is 0 Å². The molecule has 2 N–H and O–H groups in total. The van der Waals surface area contributed by atoms with Crippen LogP contribution in [0, 0.1) is 11.8 Å². The van der Waals surface area contributed by atoms with Crippen LogP contribution < -0.4 is 5.73 Å². The van der Waals surface area contributed by atoms with E-state index in [0.717, 1.165) is 73.8 Å². The van der Waals surface area contributed by atoms with E-state index >= 15 is 0 Å². The van der Waals surface area contributed by atoms with Crippen LogP contribution in [0.2, 0.25) is 10.0 Å². The van der Waals surface area contributed by atoms with Gasteiger partial charge in [0.25, 0.3) is 0 Å². The van der Waals surface area contributed by atoms with Gasteiger partial charge in [0, 0.05) is 5.56 Å². The Bertz CT molecular complexity index is 1140. The number of hydrogen-bond acceptors (Lipinski definition) is 2. The third-order valence-electron chi connectivity index (χ3n) is 7.96. The van der Waals surface area contributed by atoms with Crippen molar-refractivity contribution in [3.8, 4) is 11.4 Å². The Kier molecular flexibility index (Phi) is 6.41. The molecule has 2 saturated carbocycles. The van der Waals surface area contributed by atoms with Crippen molar-refractivity contribution < 1.29 is 4.79 Å². The summed E-state index contributed by atoms with van der Waals surface area (Å²) in [6, 6.07) is 13.7. The summed E-state index contributed by atoms with van der Waals surface area (Å²) in [4.78, 5) is 18.8. The summed E-state index contributed by atoms with van der Waals surface area (Å²) in [7, 11) is 0. The maximum Gasteiger partial charge on any atom is 0.244 e. The lowest BCUT2D eigenvalue weighted by molar-refractivity contribution is -0.135. The van der Waals surface area contributed by atoms with Crippen LogP contribution in [0.15, 0.2) is 42.5 Å². The van der Waals surface area contributed by atoms with Gasteiger partial charge in [-0.15, -0.1) is 0 Å². The number of nitrogens with zero attached hydrogens (tertiary/aromatic N) is 2. The molecule has 4 nitrogen and oxygen atoms in total. The summed E-state index contributed by atoms with van der Waals surface area (Å²) in [6.45, 7) is 0. The smallest absolute Gasteiger partial charge is 0.244 e. The summed E-state index contributed by atoms with van der Waals surface area (Å²) in [6.07, 6.45) is 11.1. The van der Waals surface area contributed by atoms with Crippen molar-refractivity contribution in [1.82, 2.24) is 9.55 Å². The number of fused-ring (bicyclic) bond motifs is 1. The van der Waals surface area contributed by atoms with Gasteiger partial charge < -0.3 is 10.3 Å². The van der Waals surface area contributed by atoms with Gasteiger partial charge >= 0.3 is 0 Å². The van der Waals surface area contributed by atoms with Crippen LogP contribution >= 0.6 is 23.2 Å². The molecular formula is C27H31Cl2N3O. The molecule has 0 atom stereocenters. The first-order valence-electron chi connectivity index (χ1n) is 12.3. The van der Waals surface area contributed by atoms with E-state index in [-0.39, 0.29) is 17.7 Å². The number of rotatable bonds is 5. The molecule has 174 valence electrons. The van der Waals surface area contributed by atoms with Crippen molar-refractivity contribution in [3.63, 3.8) is 0 Å². The highest BCUT2D eigenvalue weighted by atomic mass is 35.5. The van der Waals surface area contributed by atoms with E-state index in [0.29, 0.717) is 10.0 Å². The van der Waals surface area contributed by atoms with Gasteiger partial charge in [-0.2, -0.15) is 0 Å². The number of imidazole rings is 1. The molecule has 2 fully saturated rings. The molecule has 6 heteroatoms. The van der Waals surface area contributed by atoms with E-state index in [1.165, 1.54) is 12.8 Å². The Hall–Kier alpha value is -2.04. The van der Waals surface area contributed by atoms with Crippen molar-refractivity contribution in [3.05, 3.63) is 52.5 Å². The van der Waals surface area contributed by atoms with Gasteiger partial charge in [-0.25, -0.2) is 4.98 Å². The first-order valence-corrected chi connectivity index (χ1v) is 13.0. The normalized spacial score (nSPS) is 18.6. The Labute approximate surface area is 205 Å². The fraction of sp³-hybridized carbons (Fsp3) is 0.481. The quantitative estimate of drug-likeness (QED) is 0.412. The van der Waals surface area contributed by atoms with E-state index in [9.17, 15) is 4.79 Å². The van der Waals surface area contributed by atoms with Crippen LogP contribution in [0.5, 0.6) is 0 Å². The number of hydrogen-bond donors (Lipinski definition) is 1. The van der Waals surface area contributed by atoms with Gasteiger partial charge in [0.2, 0.25) is 5.91 Å². The molecule has 0 radical (unpaired) electrons. The number of para-hydroxylation sites is 2. The average Bonchev–Trinajstić information content (AvgIpc) is 3.22. The zero-order chi connectivity index (χ0) is 23.0. The number of aromatic nitrogens is 2. The van der Waals surface area contributed by atoms with Crippen LogP contribution in [-0.2, 0) is 10.3 Å². The number of carbonyl (C=O) groups is 1. The standard InChI is InChI=1S/C27H31Cl2N3O/c28-21-16-15-18(17-22(21)29)25-31-23-13-7-8-14-24(23)32(25)27(26(30)33,19-9-3-1-4-10-19)20-11-5-2-6-12-20/h7-8,13-17,19-20H,1-6,9-12H2,(H2,30,33). The lowest BCUT2D eigenvalue weighted by Gasteiger charge is -2.48. The predicted molar refractivity (Wildman–Crippen MR) is 136 cm³/mol. The Morgan fingerprint density at radius 3 is 2.06 bits per heavy atom. The molecule has 0 aliphatic heterocycles. The topological polar surface area (TPSA) is 60.9 Å². The molecule has 5 rings (SSSR count). The largest absolute Gasteiger partial charge is 0.368 e. The Balaban J connectivity index is 1.83. The van der Waals surface area contributed by atoms with Gasteiger partial charge in [-0.05, 0) is 67.9 Å². The fourth-order valence-electron chi connectivity index (χ4n) is 6.53. The number of amides is 1. The number of primary amides is 1. The van der Waals surface area contributed by atoms with Gasteiger partial charge in [0.15, 0.2) is 0 Å². The predicted octanol–water partition coefficient (Wildman–Crippen LogP) is 7.35. The van der Waals surface area contributed by atoms with E-state index in [1.54, 1.807) is 6.07 Å². The van der Waals surface area contributed by atoms with Gasteiger partial charge in [0.05, 0.1) is 21.1 Å². The third kappa shape index (κ3) is 3.85. The minimum atomic E-state index is -0.807. The lowest BCUT2D eigenvalue weighted by Crippen LogP contribution is -2.58. The van der Waals surface area contributed by atoms with E-state index in [1.807, 2.05) is 30.3 Å². The molecule has 0 unspecified atom stereocenters. The van der Waals surface area contributed by atoms with Crippen molar-refractivity contribution in [2.45, 2.75) is 69.7 Å². The van der Waals surface area contributed by atoms with Crippen molar-refractivity contribution >= 4 is 40.1 Å². The second-order valence-corrected chi connectivity index (χ2v) is 10.6. The highest BCUT2D eigenvalue weighted by Gasteiger charge is 2.53. The summed E-state index contributed by atoms with van der Waals surface area (Å²) >= 11 is 12.7.